The Hall–Kier alpha value is -2.35. The monoisotopic (exact) mass is 510 g/mol. The molecule has 1 amide bonds. The molecule has 1 aliphatic heterocycles. The van der Waals surface area contributed by atoms with Crippen molar-refractivity contribution in [3.63, 3.8) is 0 Å². The maximum Gasteiger partial charge on any atom is 0.252 e. The fourth-order valence-electron chi connectivity index (χ4n) is 5.76. The SMILES string of the molecule is CC(=O)C1CC2CCCC[C@@H]2CN1CC(O)C(CSc1ccccc1)NC(=O)c1cccc(O)c1C. The summed E-state index contributed by atoms with van der Waals surface area (Å²) >= 11 is 1.58. The minimum atomic E-state index is -0.843. The Kier molecular flexibility index (Phi) is 9.09. The van der Waals surface area contributed by atoms with E-state index in [0.717, 1.165) is 17.9 Å². The van der Waals surface area contributed by atoms with E-state index in [2.05, 4.69) is 10.2 Å². The van der Waals surface area contributed by atoms with Crippen molar-refractivity contribution in [1.29, 1.82) is 0 Å². The summed E-state index contributed by atoms with van der Waals surface area (Å²) in [5, 5.41) is 24.5. The molecule has 4 rings (SSSR count). The largest absolute Gasteiger partial charge is 0.508 e. The molecule has 1 saturated heterocycles. The summed E-state index contributed by atoms with van der Waals surface area (Å²) in [6.07, 6.45) is 4.88. The number of piperidine rings is 1. The van der Waals surface area contributed by atoms with E-state index in [1.165, 1.54) is 25.7 Å². The van der Waals surface area contributed by atoms with Crippen LogP contribution in [0.25, 0.3) is 0 Å². The number of thioether (sulfide) groups is 1. The third kappa shape index (κ3) is 6.50. The predicted molar refractivity (Wildman–Crippen MR) is 143 cm³/mol. The number of phenols is 1. The molecular formula is C29H38N2O4S. The van der Waals surface area contributed by atoms with Crippen LogP contribution in [0.3, 0.4) is 0 Å². The quantitative estimate of drug-likeness (QED) is 0.433. The molecule has 0 spiro atoms. The summed E-state index contributed by atoms with van der Waals surface area (Å²) in [5.41, 5.74) is 0.900. The lowest BCUT2D eigenvalue weighted by Crippen LogP contribution is -2.56. The van der Waals surface area contributed by atoms with Gasteiger partial charge in [0.05, 0.1) is 18.2 Å². The van der Waals surface area contributed by atoms with Crippen LogP contribution < -0.4 is 5.32 Å². The summed E-state index contributed by atoms with van der Waals surface area (Å²) in [7, 11) is 0. The van der Waals surface area contributed by atoms with Crippen molar-refractivity contribution < 1.29 is 19.8 Å². The highest BCUT2D eigenvalue weighted by Crippen LogP contribution is 2.39. The summed E-state index contributed by atoms with van der Waals surface area (Å²) in [6, 6.07) is 14.1. The van der Waals surface area contributed by atoms with E-state index in [9.17, 15) is 19.8 Å². The van der Waals surface area contributed by atoms with Crippen LogP contribution in [0.2, 0.25) is 0 Å². The normalized spacial score (nSPS) is 23.9. The molecule has 0 aromatic heterocycles. The molecule has 0 bridgehead atoms. The van der Waals surface area contributed by atoms with Gasteiger partial charge in [0.2, 0.25) is 0 Å². The molecule has 0 radical (unpaired) electrons. The average molecular weight is 511 g/mol. The van der Waals surface area contributed by atoms with E-state index in [0.29, 0.717) is 35.3 Å². The molecule has 7 heteroatoms. The molecule has 2 fully saturated rings. The summed E-state index contributed by atoms with van der Waals surface area (Å²) in [6.45, 7) is 4.53. The zero-order chi connectivity index (χ0) is 25.7. The van der Waals surface area contributed by atoms with Crippen molar-refractivity contribution in [2.45, 2.75) is 69.0 Å². The number of likely N-dealkylation sites (tertiary alicyclic amines) is 1. The molecule has 2 aromatic rings. The molecule has 2 aromatic carbocycles. The highest BCUT2D eigenvalue weighted by Gasteiger charge is 2.40. The average Bonchev–Trinajstić information content (AvgIpc) is 2.88. The molecule has 1 saturated carbocycles. The summed E-state index contributed by atoms with van der Waals surface area (Å²) in [4.78, 5) is 29.0. The van der Waals surface area contributed by atoms with Crippen molar-refractivity contribution in [3.8, 4) is 5.75 Å². The molecule has 1 aliphatic carbocycles. The number of fused-ring (bicyclic) bond motifs is 1. The molecule has 1 heterocycles. The Morgan fingerprint density at radius 2 is 1.81 bits per heavy atom. The number of phenolic OH excluding ortho intramolecular Hbond substituents is 1. The number of β-amino-alcohol motifs (C(OH)–C–C–N with tert-alkyl or cyclic N) is 1. The van der Waals surface area contributed by atoms with E-state index in [-0.39, 0.29) is 23.5 Å². The fourth-order valence-corrected chi connectivity index (χ4v) is 6.79. The standard InChI is InChI=1S/C29H38N2O4S/c1-19-24(13-8-14-27(19)33)29(35)30-25(18-36-23-11-4-3-5-12-23)28(34)17-31-16-22-10-7-6-9-21(22)15-26(31)20(2)32/h3-5,8,11-14,21-22,25-26,28,33-34H,6-7,9-10,15-18H2,1-2H3,(H,30,35)/t21?,22-,25?,26?,28?/m1/s1. The summed E-state index contributed by atoms with van der Waals surface area (Å²) < 4.78 is 0. The number of nitrogens with zero attached hydrogens (tertiary/aromatic N) is 1. The lowest BCUT2D eigenvalue weighted by Gasteiger charge is -2.46. The zero-order valence-corrected chi connectivity index (χ0v) is 22.0. The van der Waals surface area contributed by atoms with Crippen LogP contribution in [-0.2, 0) is 4.79 Å². The topological polar surface area (TPSA) is 89.9 Å². The van der Waals surface area contributed by atoms with Gasteiger partial charge < -0.3 is 15.5 Å². The zero-order valence-electron chi connectivity index (χ0n) is 21.2. The Morgan fingerprint density at radius 3 is 2.53 bits per heavy atom. The van der Waals surface area contributed by atoms with E-state index in [1.54, 1.807) is 43.8 Å². The van der Waals surface area contributed by atoms with E-state index in [1.807, 2.05) is 30.3 Å². The van der Waals surface area contributed by atoms with Crippen LogP contribution >= 0.6 is 11.8 Å². The first kappa shape index (κ1) is 26.7. The molecule has 6 nitrogen and oxygen atoms in total. The fraction of sp³-hybridized carbons (Fsp3) is 0.517. The van der Waals surface area contributed by atoms with Gasteiger partial charge in [-0.15, -0.1) is 11.8 Å². The molecule has 2 aliphatic rings. The Balaban J connectivity index is 1.50. The van der Waals surface area contributed by atoms with Crippen LogP contribution in [0.4, 0.5) is 0 Å². The molecule has 194 valence electrons. The van der Waals surface area contributed by atoms with Crippen molar-refractivity contribution in [1.82, 2.24) is 10.2 Å². The molecule has 4 unspecified atom stereocenters. The van der Waals surface area contributed by atoms with Crippen molar-refractivity contribution in [3.05, 3.63) is 59.7 Å². The van der Waals surface area contributed by atoms with Gasteiger partial charge >= 0.3 is 0 Å². The number of carbonyl (C=O) groups is 2. The van der Waals surface area contributed by atoms with Crippen LogP contribution in [-0.4, -0.2) is 63.8 Å². The van der Waals surface area contributed by atoms with E-state index < -0.39 is 12.1 Å². The van der Waals surface area contributed by atoms with Crippen LogP contribution in [0.1, 0.15) is 54.9 Å². The first-order valence-corrected chi connectivity index (χ1v) is 14.0. The van der Waals surface area contributed by atoms with Gasteiger partial charge in [-0.1, -0.05) is 43.5 Å². The van der Waals surface area contributed by atoms with Crippen molar-refractivity contribution in [2.24, 2.45) is 11.8 Å². The highest BCUT2D eigenvalue weighted by molar-refractivity contribution is 7.99. The van der Waals surface area contributed by atoms with Gasteiger partial charge in [0.1, 0.15) is 11.5 Å². The number of rotatable bonds is 9. The number of aromatic hydroxyl groups is 1. The van der Waals surface area contributed by atoms with Gasteiger partial charge in [0.15, 0.2) is 0 Å². The number of ketones is 1. The minimum Gasteiger partial charge on any atom is -0.508 e. The molecular weight excluding hydrogens is 472 g/mol. The van der Waals surface area contributed by atoms with Crippen LogP contribution in [0.5, 0.6) is 5.75 Å². The number of carbonyl (C=O) groups excluding carboxylic acids is 2. The van der Waals surface area contributed by atoms with Gasteiger partial charge in [0, 0.05) is 34.9 Å². The van der Waals surface area contributed by atoms with Crippen LogP contribution in [0, 0.1) is 18.8 Å². The number of hydrogen-bond donors (Lipinski definition) is 3. The highest BCUT2D eigenvalue weighted by atomic mass is 32.2. The predicted octanol–water partition coefficient (Wildman–Crippen LogP) is 4.42. The van der Waals surface area contributed by atoms with E-state index in [4.69, 9.17) is 0 Å². The Bertz CT molecular complexity index is 1050. The number of benzene rings is 2. The van der Waals surface area contributed by atoms with Gasteiger partial charge in [-0.25, -0.2) is 0 Å². The maximum atomic E-state index is 13.2. The second-order valence-corrected chi connectivity index (χ2v) is 11.4. The number of amides is 1. The second-order valence-electron chi connectivity index (χ2n) is 10.3. The Morgan fingerprint density at radius 1 is 1.08 bits per heavy atom. The molecule has 3 N–H and O–H groups in total. The van der Waals surface area contributed by atoms with Crippen LogP contribution in [0.15, 0.2) is 53.4 Å². The number of nitrogens with one attached hydrogen (secondary N) is 1. The summed E-state index contributed by atoms with van der Waals surface area (Å²) in [5.74, 6) is 1.55. The maximum absolute atomic E-state index is 13.2. The van der Waals surface area contributed by atoms with Gasteiger partial charge in [-0.3, -0.25) is 14.5 Å². The van der Waals surface area contributed by atoms with Gasteiger partial charge in [-0.05, 0) is 62.8 Å². The minimum absolute atomic E-state index is 0.0676. The van der Waals surface area contributed by atoms with Gasteiger partial charge in [0.25, 0.3) is 5.91 Å². The number of aliphatic hydroxyl groups is 1. The van der Waals surface area contributed by atoms with Gasteiger partial charge in [-0.2, -0.15) is 0 Å². The molecule has 5 atom stereocenters. The van der Waals surface area contributed by atoms with Crippen molar-refractivity contribution >= 4 is 23.5 Å². The van der Waals surface area contributed by atoms with Crippen molar-refractivity contribution in [2.75, 3.05) is 18.8 Å². The molecule has 36 heavy (non-hydrogen) atoms. The van der Waals surface area contributed by atoms with E-state index >= 15 is 0 Å². The smallest absolute Gasteiger partial charge is 0.252 e. The lowest BCUT2D eigenvalue weighted by atomic mass is 9.72. The third-order valence-corrected chi connectivity index (χ3v) is 9.03. The first-order chi connectivity index (χ1) is 17.3. The Labute approximate surface area is 218 Å². The number of hydrogen-bond acceptors (Lipinski definition) is 6. The number of aliphatic hydroxyl groups excluding tert-OH is 1. The first-order valence-electron chi connectivity index (χ1n) is 13.0. The number of Topliss-reactive ketones (excluding diaryl/α,β-unsaturated/α-hetero) is 1. The lowest BCUT2D eigenvalue weighted by molar-refractivity contribution is -0.126. The second kappa shape index (κ2) is 12.3. The third-order valence-electron chi connectivity index (χ3n) is 7.90.